The van der Waals surface area contributed by atoms with Crippen LogP contribution >= 0.6 is 0 Å². The number of nitrogens with zero attached hydrogens (tertiary/aromatic N) is 4. The van der Waals surface area contributed by atoms with Gasteiger partial charge in [-0.2, -0.15) is 4.31 Å². The molecule has 0 saturated carbocycles. The number of carbonyl (C=O) groups excluding carboxylic acids is 1. The number of aryl methyl sites for hydroxylation is 2. The van der Waals surface area contributed by atoms with Gasteiger partial charge >= 0.3 is 0 Å². The molecule has 2 aliphatic rings. The van der Waals surface area contributed by atoms with Crippen molar-refractivity contribution in [3.63, 3.8) is 0 Å². The molecule has 220 valence electrons. The third kappa shape index (κ3) is 7.03. The monoisotopic (exact) mass is 572 g/mol. The average molecular weight is 573 g/mol. The van der Waals surface area contributed by atoms with E-state index in [1.165, 1.54) is 0 Å². The zero-order valence-corrected chi connectivity index (χ0v) is 25.3. The lowest BCUT2D eigenvalue weighted by atomic mass is 10.0. The van der Waals surface area contributed by atoms with Gasteiger partial charge in [0.15, 0.2) is 0 Å². The van der Waals surface area contributed by atoms with Gasteiger partial charge in [0.05, 0.1) is 24.7 Å². The fourth-order valence-electron chi connectivity index (χ4n) is 5.80. The maximum Gasteiger partial charge on any atom is 0.248 e. The first kappa shape index (κ1) is 30.5. The van der Waals surface area contributed by atoms with Gasteiger partial charge in [0.1, 0.15) is 12.4 Å². The number of methoxy groups -OCH3 is 1. The predicted octanol–water partition coefficient (Wildman–Crippen LogP) is 2.93. The molecule has 2 aromatic carbocycles. The van der Waals surface area contributed by atoms with E-state index in [-0.39, 0.29) is 31.2 Å². The van der Waals surface area contributed by atoms with Crippen molar-refractivity contribution in [2.24, 2.45) is 0 Å². The molecule has 2 saturated heterocycles. The predicted molar refractivity (Wildman–Crippen MR) is 156 cm³/mol. The number of likely N-dealkylation sites (N-methyl/N-ethyl adjacent to an activating group) is 2. The number of rotatable bonds is 11. The van der Waals surface area contributed by atoms with Gasteiger partial charge in [0.25, 0.3) is 0 Å². The summed E-state index contributed by atoms with van der Waals surface area (Å²) in [7, 11) is 1.82. The lowest BCUT2D eigenvalue weighted by Crippen LogP contribution is -2.48. The van der Waals surface area contributed by atoms with Crippen LogP contribution in [0, 0.1) is 13.8 Å². The Hall–Kier alpha value is -2.50. The Kier molecular flexibility index (Phi) is 10.2. The number of amides is 1. The summed E-state index contributed by atoms with van der Waals surface area (Å²) in [6, 6.07) is 13.2. The van der Waals surface area contributed by atoms with Crippen LogP contribution in [-0.2, 0) is 19.6 Å². The van der Waals surface area contributed by atoms with Gasteiger partial charge in [-0.15, -0.1) is 0 Å². The van der Waals surface area contributed by atoms with E-state index in [9.17, 15) is 13.2 Å². The molecule has 0 spiro atoms. The molecule has 2 atom stereocenters. The largest absolute Gasteiger partial charge is 0.497 e. The molecular formula is C30H44N4O5S. The molecule has 0 aromatic heterocycles. The van der Waals surface area contributed by atoms with Crippen LogP contribution in [0.3, 0.4) is 0 Å². The fraction of sp³-hybridized carbons (Fsp3) is 0.567. The van der Waals surface area contributed by atoms with Crippen molar-refractivity contribution in [2.75, 3.05) is 73.7 Å². The van der Waals surface area contributed by atoms with Crippen LogP contribution in [0.2, 0.25) is 0 Å². The average Bonchev–Trinajstić information content (AvgIpc) is 3.42. The third-order valence-corrected chi connectivity index (χ3v) is 10.4. The van der Waals surface area contributed by atoms with Crippen molar-refractivity contribution in [2.45, 2.75) is 43.7 Å². The minimum atomic E-state index is -3.72. The Labute approximate surface area is 239 Å². The molecular weight excluding hydrogens is 528 g/mol. The highest BCUT2D eigenvalue weighted by atomic mass is 32.2. The van der Waals surface area contributed by atoms with Crippen LogP contribution in [0.15, 0.2) is 47.4 Å². The van der Waals surface area contributed by atoms with E-state index in [0.29, 0.717) is 34.7 Å². The smallest absolute Gasteiger partial charge is 0.248 e. The van der Waals surface area contributed by atoms with Crippen molar-refractivity contribution < 1.29 is 22.7 Å². The van der Waals surface area contributed by atoms with Gasteiger partial charge in [-0.25, -0.2) is 8.42 Å². The SMILES string of the molecule is COc1cc(C)c(S(=O)(=O)N2CCCC2COCC(=O)N(C)C(CN2CCN(C)CC2)c2ccccc2)c(C)c1. The van der Waals surface area contributed by atoms with Crippen molar-refractivity contribution in [1.29, 1.82) is 0 Å². The van der Waals surface area contributed by atoms with Crippen LogP contribution in [0.1, 0.15) is 35.6 Å². The fourth-order valence-corrected chi connectivity index (χ4v) is 7.90. The molecule has 0 aliphatic carbocycles. The van der Waals surface area contributed by atoms with Gasteiger partial charge in [-0.3, -0.25) is 9.69 Å². The van der Waals surface area contributed by atoms with E-state index in [0.717, 1.165) is 44.7 Å². The van der Waals surface area contributed by atoms with Crippen LogP contribution < -0.4 is 4.74 Å². The molecule has 0 N–H and O–H groups in total. The molecule has 2 aromatic rings. The van der Waals surface area contributed by atoms with Crippen molar-refractivity contribution in [3.8, 4) is 5.75 Å². The number of ether oxygens (including phenoxy) is 2. The minimum absolute atomic E-state index is 0.0897. The van der Waals surface area contributed by atoms with E-state index >= 15 is 0 Å². The normalized spacial score (nSPS) is 20.0. The molecule has 2 unspecified atom stereocenters. The molecule has 40 heavy (non-hydrogen) atoms. The molecule has 2 aliphatic heterocycles. The molecule has 2 heterocycles. The van der Waals surface area contributed by atoms with E-state index < -0.39 is 10.0 Å². The van der Waals surface area contributed by atoms with Gasteiger partial charge in [-0.1, -0.05) is 30.3 Å². The van der Waals surface area contributed by atoms with Crippen molar-refractivity contribution >= 4 is 15.9 Å². The van der Waals surface area contributed by atoms with Crippen LogP contribution in [0.5, 0.6) is 5.75 Å². The number of benzene rings is 2. The van der Waals surface area contributed by atoms with E-state index in [2.05, 4.69) is 29.0 Å². The Morgan fingerprint density at radius 1 is 1.05 bits per heavy atom. The third-order valence-electron chi connectivity index (χ3n) is 8.17. The van der Waals surface area contributed by atoms with Gasteiger partial charge in [-0.05, 0) is 62.6 Å². The summed E-state index contributed by atoms with van der Waals surface area (Å²) in [6.07, 6.45) is 1.46. The van der Waals surface area contributed by atoms with E-state index in [4.69, 9.17) is 9.47 Å². The highest BCUT2D eigenvalue weighted by Crippen LogP contribution is 2.32. The Bertz CT molecular complexity index is 1220. The standard InChI is InChI=1S/C30H44N4O5S/c1-23-18-27(38-5)19-24(2)30(23)40(36,37)34-13-9-12-26(34)21-39-22-29(35)32(4)28(25-10-7-6-8-11-25)20-33-16-14-31(3)15-17-33/h6-8,10-11,18-19,26,28H,9,12-17,20-22H2,1-5H3. The summed E-state index contributed by atoms with van der Waals surface area (Å²) in [5, 5.41) is 0. The summed E-state index contributed by atoms with van der Waals surface area (Å²) in [5.74, 6) is 0.525. The van der Waals surface area contributed by atoms with Crippen LogP contribution in [0.4, 0.5) is 0 Å². The summed E-state index contributed by atoms with van der Waals surface area (Å²) in [6.45, 7) is 8.85. The topological polar surface area (TPSA) is 82.6 Å². The van der Waals surface area contributed by atoms with E-state index in [1.807, 2.05) is 25.2 Å². The van der Waals surface area contributed by atoms with Crippen LogP contribution in [-0.4, -0.2) is 113 Å². The lowest BCUT2D eigenvalue weighted by Gasteiger charge is -2.37. The van der Waals surface area contributed by atoms with Gasteiger partial charge in [0.2, 0.25) is 15.9 Å². The highest BCUT2D eigenvalue weighted by Gasteiger charge is 2.37. The Balaban J connectivity index is 1.39. The number of carbonyl (C=O) groups is 1. The van der Waals surface area contributed by atoms with Crippen molar-refractivity contribution in [1.82, 2.24) is 19.0 Å². The summed E-state index contributed by atoms with van der Waals surface area (Å²) < 4.78 is 40.2. The van der Waals surface area contributed by atoms with Gasteiger partial charge in [0, 0.05) is 52.4 Å². The number of hydrogen-bond donors (Lipinski definition) is 0. The molecule has 1 amide bonds. The quantitative estimate of drug-likeness (QED) is 0.410. The second-order valence-corrected chi connectivity index (χ2v) is 12.9. The zero-order chi connectivity index (χ0) is 28.9. The minimum Gasteiger partial charge on any atom is -0.497 e. The maximum absolute atomic E-state index is 13.7. The summed E-state index contributed by atoms with van der Waals surface area (Å²) in [5.41, 5.74) is 2.41. The zero-order valence-electron chi connectivity index (χ0n) is 24.5. The molecule has 0 bridgehead atoms. The lowest BCUT2D eigenvalue weighted by molar-refractivity contribution is -0.138. The first-order valence-corrected chi connectivity index (χ1v) is 15.5. The summed E-state index contributed by atoms with van der Waals surface area (Å²) >= 11 is 0. The second-order valence-electron chi connectivity index (χ2n) is 11.1. The van der Waals surface area contributed by atoms with Crippen LogP contribution in [0.25, 0.3) is 0 Å². The molecule has 0 radical (unpaired) electrons. The number of piperazine rings is 1. The molecule has 9 nitrogen and oxygen atoms in total. The van der Waals surface area contributed by atoms with Crippen molar-refractivity contribution in [3.05, 3.63) is 59.2 Å². The maximum atomic E-state index is 13.7. The highest BCUT2D eigenvalue weighted by molar-refractivity contribution is 7.89. The first-order chi connectivity index (χ1) is 19.1. The molecule has 2 fully saturated rings. The Morgan fingerprint density at radius 2 is 1.70 bits per heavy atom. The Morgan fingerprint density at radius 3 is 2.33 bits per heavy atom. The number of sulfonamides is 1. The summed E-state index contributed by atoms with van der Waals surface area (Å²) in [4.78, 5) is 20.1. The van der Waals surface area contributed by atoms with Gasteiger partial charge < -0.3 is 19.3 Å². The molecule has 10 heteroatoms. The second kappa shape index (κ2) is 13.4. The first-order valence-electron chi connectivity index (χ1n) is 14.1. The molecule has 4 rings (SSSR count). The van der Waals surface area contributed by atoms with E-state index in [1.54, 1.807) is 42.3 Å². The number of hydrogen-bond acceptors (Lipinski definition) is 7.